The molecule has 0 spiro atoms. The number of amides is 1. The highest BCUT2D eigenvalue weighted by Crippen LogP contribution is 2.40. The summed E-state index contributed by atoms with van der Waals surface area (Å²) < 4.78 is 23.6. The highest BCUT2D eigenvalue weighted by atomic mass is 35.5. The van der Waals surface area contributed by atoms with E-state index < -0.39 is 18.1 Å². The number of hydrogen-bond acceptors (Lipinski definition) is 8. The average Bonchev–Trinajstić information content (AvgIpc) is 3.87. The Morgan fingerprint density at radius 2 is 2.00 bits per heavy atom. The second-order valence-electron chi connectivity index (χ2n) is 11.7. The minimum absolute atomic E-state index is 0.159. The van der Waals surface area contributed by atoms with E-state index in [-0.39, 0.29) is 19.6 Å². The van der Waals surface area contributed by atoms with Gasteiger partial charge in [0, 0.05) is 54.0 Å². The van der Waals surface area contributed by atoms with Crippen LogP contribution in [0.5, 0.6) is 5.75 Å². The molecule has 14 heteroatoms. The first-order chi connectivity index (χ1) is 22.4. The quantitative estimate of drug-likeness (QED) is 0.190. The molecule has 0 radical (unpaired) electrons. The van der Waals surface area contributed by atoms with Crippen molar-refractivity contribution in [3.8, 4) is 16.9 Å². The maximum atomic E-state index is 14.3. The number of halogens is 3. The van der Waals surface area contributed by atoms with Gasteiger partial charge < -0.3 is 14.4 Å². The summed E-state index contributed by atoms with van der Waals surface area (Å²) in [7, 11) is 0. The van der Waals surface area contributed by atoms with Gasteiger partial charge in [0.05, 0.1) is 28.6 Å². The van der Waals surface area contributed by atoms with Gasteiger partial charge in [-0.2, -0.15) is 5.10 Å². The summed E-state index contributed by atoms with van der Waals surface area (Å²) in [6.45, 7) is 3.82. The predicted octanol–water partition coefficient (Wildman–Crippen LogP) is 5.87. The number of aliphatic hydroxyl groups is 1. The number of aliphatic hydroxyl groups excluding tert-OH is 1. The number of rotatable bonds is 10. The van der Waals surface area contributed by atoms with Gasteiger partial charge in [-0.1, -0.05) is 35.3 Å². The number of benzene rings is 2. The average molecular weight is 685 g/mol. The van der Waals surface area contributed by atoms with Crippen LogP contribution in [0, 0.1) is 5.92 Å². The molecule has 2 aliphatic rings. The van der Waals surface area contributed by atoms with Crippen molar-refractivity contribution >= 4 is 56.5 Å². The van der Waals surface area contributed by atoms with Crippen LogP contribution in [-0.4, -0.2) is 79.2 Å². The van der Waals surface area contributed by atoms with E-state index in [9.17, 15) is 14.3 Å². The first kappa shape index (κ1) is 31.1. The maximum Gasteiger partial charge on any atom is 0.257 e. The number of nitrogens with one attached hydrogen (secondary N) is 1. The van der Waals surface area contributed by atoms with Gasteiger partial charge in [-0.3, -0.25) is 19.7 Å². The minimum atomic E-state index is -1.05. The van der Waals surface area contributed by atoms with Gasteiger partial charge in [-0.15, -0.1) is 11.3 Å². The van der Waals surface area contributed by atoms with Crippen molar-refractivity contribution in [3.05, 3.63) is 75.9 Å². The Balaban J connectivity index is 1.13. The Bertz CT molecular complexity index is 1840. The summed E-state index contributed by atoms with van der Waals surface area (Å²) in [6.07, 6.45) is 5.98. The van der Waals surface area contributed by atoms with Crippen LogP contribution in [0.3, 0.4) is 0 Å². The zero-order valence-electron chi connectivity index (χ0n) is 24.8. The summed E-state index contributed by atoms with van der Waals surface area (Å²) >= 11 is 15.0. The number of hydrogen-bond donors (Lipinski definition) is 2. The zero-order chi connectivity index (χ0) is 31.8. The summed E-state index contributed by atoms with van der Waals surface area (Å²) in [5.74, 6) is 0.749. The molecule has 240 valence electrons. The number of anilines is 1. The van der Waals surface area contributed by atoms with E-state index in [0.717, 1.165) is 43.8 Å². The van der Waals surface area contributed by atoms with Crippen molar-refractivity contribution < 1.29 is 19.0 Å². The molecule has 10 nitrogen and oxygen atoms in total. The number of fused-ring (bicyclic) bond motifs is 2. The number of imidazole rings is 1. The molecule has 5 aromatic rings. The van der Waals surface area contributed by atoms with Crippen LogP contribution in [0.25, 0.3) is 22.0 Å². The number of alkyl halides is 1. The molecule has 0 saturated carbocycles. The number of likely N-dealkylation sites (tertiary alicyclic amines) is 1. The molecular weight excluding hydrogens is 652 g/mol. The van der Waals surface area contributed by atoms with Crippen molar-refractivity contribution in [2.75, 3.05) is 38.2 Å². The summed E-state index contributed by atoms with van der Waals surface area (Å²) in [5.41, 5.74) is 3.02. The van der Waals surface area contributed by atoms with Gasteiger partial charge in [-0.25, -0.2) is 14.4 Å². The van der Waals surface area contributed by atoms with Crippen molar-refractivity contribution in [3.63, 3.8) is 0 Å². The lowest BCUT2D eigenvalue weighted by molar-refractivity contribution is -0.118. The molecule has 2 aromatic carbocycles. The van der Waals surface area contributed by atoms with Gasteiger partial charge in [-0.05, 0) is 55.6 Å². The number of ether oxygens (including phenoxy) is 1. The Morgan fingerprint density at radius 3 is 2.74 bits per heavy atom. The fourth-order valence-electron chi connectivity index (χ4n) is 6.23. The molecule has 0 aliphatic carbocycles. The molecule has 1 amide bonds. The van der Waals surface area contributed by atoms with E-state index in [1.165, 1.54) is 16.0 Å². The molecule has 1 saturated heterocycles. The molecule has 2 N–H and O–H groups in total. The van der Waals surface area contributed by atoms with Crippen molar-refractivity contribution in [1.82, 2.24) is 29.2 Å². The molecule has 7 rings (SSSR count). The molecule has 46 heavy (non-hydrogen) atoms. The molecule has 2 atom stereocenters. The van der Waals surface area contributed by atoms with Crippen LogP contribution in [0.1, 0.15) is 30.3 Å². The fraction of sp³-hybridized carbons (Fsp3) is 0.375. The Morgan fingerprint density at radius 1 is 1.20 bits per heavy atom. The lowest BCUT2D eigenvalue weighted by atomic mass is 9.98. The highest BCUT2D eigenvalue weighted by Gasteiger charge is 2.34. The second kappa shape index (κ2) is 13.3. The van der Waals surface area contributed by atoms with Gasteiger partial charge in [0.15, 0.2) is 11.2 Å². The predicted molar refractivity (Wildman–Crippen MR) is 177 cm³/mol. The first-order valence-corrected chi connectivity index (χ1v) is 16.8. The van der Waals surface area contributed by atoms with Crippen LogP contribution >= 0.6 is 34.5 Å². The smallest absolute Gasteiger partial charge is 0.257 e. The fourth-order valence-corrected chi connectivity index (χ4v) is 7.31. The van der Waals surface area contributed by atoms with E-state index in [1.54, 1.807) is 34.7 Å². The normalized spacial score (nSPS) is 17.8. The molecule has 5 heterocycles. The molecule has 2 aliphatic heterocycles. The van der Waals surface area contributed by atoms with E-state index in [1.807, 2.05) is 24.3 Å². The third-order valence-electron chi connectivity index (χ3n) is 8.73. The topological polar surface area (TPSA) is 110 Å². The van der Waals surface area contributed by atoms with Crippen molar-refractivity contribution in [2.45, 2.75) is 38.0 Å². The molecule has 0 unspecified atom stereocenters. The molecular formula is C32H32Cl2FN7O3S. The van der Waals surface area contributed by atoms with Crippen LogP contribution < -0.4 is 10.1 Å². The Kier molecular flexibility index (Phi) is 8.97. The Hall–Kier alpha value is -3.55. The SMILES string of the molecule is O=C(Nc1nccs1)[C@@H](c1ncn2c1C[C@@H](F)C2)n1cc2c(Cl)cc(-c3ccc(OCCN4CCC(CO)CC4)cc3)c(Cl)c2n1. The van der Waals surface area contributed by atoms with Gasteiger partial charge >= 0.3 is 0 Å². The molecule has 3 aromatic heterocycles. The third kappa shape index (κ3) is 6.24. The van der Waals surface area contributed by atoms with E-state index in [4.69, 9.17) is 33.0 Å². The van der Waals surface area contributed by atoms with E-state index >= 15 is 0 Å². The van der Waals surface area contributed by atoms with Crippen LogP contribution in [0.15, 0.2) is 54.4 Å². The minimum Gasteiger partial charge on any atom is -0.492 e. The summed E-state index contributed by atoms with van der Waals surface area (Å²) in [4.78, 5) is 24.8. The third-order valence-corrected chi connectivity index (χ3v) is 10.1. The number of thiazole rings is 1. The van der Waals surface area contributed by atoms with E-state index in [0.29, 0.717) is 55.6 Å². The van der Waals surface area contributed by atoms with Crippen LogP contribution in [0.4, 0.5) is 9.52 Å². The number of aromatic nitrogens is 5. The highest BCUT2D eigenvalue weighted by molar-refractivity contribution is 7.13. The van der Waals surface area contributed by atoms with Gasteiger partial charge in [0.1, 0.15) is 24.0 Å². The van der Waals surface area contributed by atoms with Crippen LogP contribution in [0.2, 0.25) is 10.0 Å². The van der Waals surface area contributed by atoms with Gasteiger partial charge in [0.2, 0.25) is 0 Å². The number of carbonyl (C=O) groups excluding carboxylic acids is 1. The monoisotopic (exact) mass is 683 g/mol. The molecule has 0 bridgehead atoms. The van der Waals surface area contributed by atoms with Crippen LogP contribution in [-0.2, 0) is 17.8 Å². The maximum absolute atomic E-state index is 14.3. The van der Waals surface area contributed by atoms with Gasteiger partial charge in [0.25, 0.3) is 5.91 Å². The summed E-state index contributed by atoms with van der Waals surface area (Å²) in [5, 5.41) is 20.5. The number of piperidine rings is 1. The largest absolute Gasteiger partial charge is 0.492 e. The Labute approximate surface area is 278 Å². The van der Waals surface area contributed by atoms with Crippen molar-refractivity contribution in [1.29, 1.82) is 0 Å². The lowest BCUT2D eigenvalue weighted by Crippen LogP contribution is -2.37. The molecule has 1 fully saturated rings. The second-order valence-corrected chi connectivity index (χ2v) is 13.4. The number of carbonyl (C=O) groups is 1. The zero-order valence-corrected chi connectivity index (χ0v) is 27.1. The standard InChI is InChI=1S/C32H32Cl2FN7O3S/c33-25-14-23(20-1-3-22(4-2-20)45-11-10-40-8-5-19(17-43)6-9-40)27(34)28-24(25)16-42(39-28)30(31(44)38-32-36-7-12-46-32)29-26-13-21(35)15-41(26)18-37-29/h1-4,7,12,14,16,18-19,21,30,43H,5-6,8-11,13,15,17H2,(H,36,38,44)/t21-,30-/m1/s1. The lowest BCUT2D eigenvalue weighted by Gasteiger charge is -2.30. The number of nitrogens with zero attached hydrogens (tertiary/aromatic N) is 6. The van der Waals surface area contributed by atoms with Crippen molar-refractivity contribution in [2.24, 2.45) is 5.92 Å². The van der Waals surface area contributed by atoms with E-state index in [2.05, 4.69) is 20.2 Å². The summed E-state index contributed by atoms with van der Waals surface area (Å²) in [6, 6.07) is 8.43. The first-order valence-electron chi connectivity index (χ1n) is 15.2.